The van der Waals surface area contributed by atoms with Gasteiger partial charge in [0.15, 0.2) is 0 Å². The van der Waals surface area contributed by atoms with E-state index in [4.69, 9.17) is 0 Å². The van der Waals surface area contributed by atoms with Crippen LogP contribution in [0.25, 0.3) is 0 Å². The van der Waals surface area contributed by atoms with Crippen LogP contribution in [-0.2, 0) is 9.53 Å². The van der Waals surface area contributed by atoms with Crippen LogP contribution in [0.4, 0.5) is 0 Å². The molecule has 1 rings (SSSR count). The van der Waals surface area contributed by atoms with E-state index in [2.05, 4.69) is 9.64 Å². The third-order valence-corrected chi connectivity index (χ3v) is 3.03. The van der Waals surface area contributed by atoms with E-state index >= 15 is 0 Å². The van der Waals surface area contributed by atoms with Crippen molar-refractivity contribution in [3.63, 3.8) is 0 Å². The fraction of sp³-hybridized carbons (Fsp3) is 0.917. The summed E-state index contributed by atoms with van der Waals surface area (Å²) in [7, 11) is 1.45. The maximum atomic E-state index is 10.8. The smallest absolute Gasteiger partial charge is 0.305 e. The lowest BCUT2D eigenvalue weighted by Gasteiger charge is -2.13. The number of carbonyl (C=O) groups is 1. The standard InChI is InChI=1S/C12H23NO2/c1-15-12(14)8-4-2-3-5-9-13-10-6-7-11-13/h2-11H2,1H3. The van der Waals surface area contributed by atoms with Crippen molar-refractivity contribution in [2.75, 3.05) is 26.7 Å². The molecule has 0 bridgehead atoms. The molecule has 0 radical (unpaired) electrons. The Kier molecular flexibility index (Phi) is 6.41. The van der Waals surface area contributed by atoms with Crippen LogP contribution in [0.1, 0.15) is 44.9 Å². The highest BCUT2D eigenvalue weighted by molar-refractivity contribution is 5.68. The molecule has 15 heavy (non-hydrogen) atoms. The lowest BCUT2D eigenvalue weighted by atomic mass is 10.1. The van der Waals surface area contributed by atoms with Gasteiger partial charge in [-0.25, -0.2) is 0 Å². The molecule has 1 aliphatic rings. The number of methoxy groups -OCH3 is 1. The molecule has 0 unspecified atom stereocenters. The highest BCUT2D eigenvalue weighted by atomic mass is 16.5. The number of ether oxygens (including phenoxy) is 1. The molecule has 1 saturated heterocycles. The van der Waals surface area contributed by atoms with Gasteiger partial charge in [-0.05, 0) is 45.3 Å². The number of nitrogens with zero attached hydrogens (tertiary/aromatic N) is 1. The van der Waals surface area contributed by atoms with Gasteiger partial charge in [-0.15, -0.1) is 0 Å². The Morgan fingerprint density at radius 3 is 2.47 bits per heavy atom. The molecule has 3 nitrogen and oxygen atoms in total. The Morgan fingerprint density at radius 1 is 1.13 bits per heavy atom. The normalized spacial score (nSPS) is 16.9. The summed E-state index contributed by atoms with van der Waals surface area (Å²) in [6.07, 6.45) is 8.00. The average Bonchev–Trinajstić information content (AvgIpc) is 2.75. The number of esters is 1. The van der Waals surface area contributed by atoms with Crippen molar-refractivity contribution in [2.24, 2.45) is 0 Å². The van der Waals surface area contributed by atoms with Gasteiger partial charge in [-0.1, -0.05) is 12.8 Å². The van der Waals surface area contributed by atoms with Gasteiger partial charge in [0.05, 0.1) is 7.11 Å². The van der Waals surface area contributed by atoms with Crippen LogP contribution >= 0.6 is 0 Å². The summed E-state index contributed by atoms with van der Waals surface area (Å²) in [5, 5.41) is 0. The van der Waals surface area contributed by atoms with Crippen molar-refractivity contribution < 1.29 is 9.53 Å². The lowest BCUT2D eigenvalue weighted by molar-refractivity contribution is -0.140. The molecule has 88 valence electrons. The van der Waals surface area contributed by atoms with Gasteiger partial charge in [0.25, 0.3) is 0 Å². The van der Waals surface area contributed by atoms with Crippen LogP contribution in [0, 0.1) is 0 Å². The third-order valence-electron chi connectivity index (χ3n) is 3.03. The zero-order chi connectivity index (χ0) is 10.9. The van der Waals surface area contributed by atoms with Gasteiger partial charge >= 0.3 is 5.97 Å². The summed E-state index contributed by atoms with van der Waals surface area (Å²) in [5.74, 6) is -0.0745. The molecule has 1 fully saturated rings. The van der Waals surface area contributed by atoms with E-state index in [0.29, 0.717) is 6.42 Å². The van der Waals surface area contributed by atoms with Crippen LogP contribution in [0.5, 0.6) is 0 Å². The predicted molar refractivity (Wildman–Crippen MR) is 60.8 cm³/mol. The Morgan fingerprint density at radius 2 is 1.80 bits per heavy atom. The first-order valence-corrected chi connectivity index (χ1v) is 6.12. The summed E-state index contributed by atoms with van der Waals surface area (Å²) in [4.78, 5) is 13.4. The van der Waals surface area contributed by atoms with Crippen LogP contribution in [-0.4, -0.2) is 37.6 Å². The van der Waals surface area contributed by atoms with Gasteiger partial charge < -0.3 is 9.64 Å². The minimum absolute atomic E-state index is 0.0745. The van der Waals surface area contributed by atoms with Gasteiger partial charge in [0, 0.05) is 6.42 Å². The predicted octanol–water partition coefficient (Wildman–Crippen LogP) is 2.21. The first-order valence-electron chi connectivity index (χ1n) is 6.12. The van der Waals surface area contributed by atoms with Crippen molar-refractivity contribution in [3.8, 4) is 0 Å². The summed E-state index contributed by atoms with van der Waals surface area (Å²) in [6, 6.07) is 0. The SMILES string of the molecule is COC(=O)CCCCCCN1CCCC1. The second-order valence-corrected chi connectivity index (χ2v) is 4.29. The molecule has 3 heteroatoms. The monoisotopic (exact) mass is 213 g/mol. The maximum absolute atomic E-state index is 10.8. The molecule has 0 N–H and O–H groups in total. The second-order valence-electron chi connectivity index (χ2n) is 4.29. The molecule has 0 spiro atoms. The lowest BCUT2D eigenvalue weighted by Crippen LogP contribution is -2.20. The van der Waals surface area contributed by atoms with Crippen molar-refractivity contribution in [1.29, 1.82) is 0 Å². The summed E-state index contributed by atoms with van der Waals surface area (Å²) >= 11 is 0. The summed E-state index contributed by atoms with van der Waals surface area (Å²) in [6.45, 7) is 3.84. The Labute approximate surface area is 92.8 Å². The molecule has 0 aromatic heterocycles. The molecule has 1 heterocycles. The highest BCUT2D eigenvalue weighted by Gasteiger charge is 2.09. The molecule has 0 aromatic carbocycles. The number of likely N-dealkylation sites (tertiary alicyclic amines) is 1. The van der Waals surface area contributed by atoms with E-state index in [1.165, 1.54) is 52.4 Å². The van der Waals surface area contributed by atoms with Gasteiger partial charge in [0.1, 0.15) is 0 Å². The van der Waals surface area contributed by atoms with Crippen molar-refractivity contribution in [1.82, 2.24) is 4.90 Å². The van der Waals surface area contributed by atoms with E-state index in [1.54, 1.807) is 0 Å². The summed E-state index contributed by atoms with van der Waals surface area (Å²) < 4.78 is 4.59. The Hall–Kier alpha value is -0.570. The number of hydrogen-bond acceptors (Lipinski definition) is 3. The van der Waals surface area contributed by atoms with Crippen LogP contribution < -0.4 is 0 Å². The molecular weight excluding hydrogens is 190 g/mol. The van der Waals surface area contributed by atoms with Crippen LogP contribution in [0.3, 0.4) is 0 Å². The average molecular weight is 213 g/mol. The minimum atomic E-state index is -0.0745. The third kappa shape index (κ3) is 5.78. The van der Waals surface area contributed by atoms with E-state index in [1.807, 2.05) is 0 Å². The van der Waals surface area contributed by atoms with E-state index in [-0.39, 0.29) is 5.97 Å². The number of rotatable bonds is 7. The zero-order valence-corrected chi connectivity index (χ0v) is 9.83. The van der Waals surface area contributed by atoms with E-state index in [9.17, 15) is 4.79 Å². The van der Waals surface area contributed by atoms with Crippen molar-refractivity contribution in [2.45, 2.75) is 44.9 Å². The molecule has 0 atom stereocenters. The Balaban J connectivity index is 1.82. The number of carbonyl (C=O) groups excluding carboxylic acids is 1. The summed E-state index contributed by atoms with van der Waals surface area (Å²) in [5.41, 5.74) is 0. The molecule has 1 aliphatic heterocycles. The fourth-order valence-corrected chi connectivity index (χ4v) is 2.07. The first kappa shape index (κ1) is 12.5. The zero-order valence-electron chi connectivity index (χ0n) is 9.83. The van der Waals surface area contributed by atoms with Crippen LogP contribution in [0.2, 0.25) is 0 Å². The number of hydrogen-bond donors (Lipinski definition) is 0. The van der Waals surface area contributed by atoms with Gasteiger partial charge in [-0.3, -0.25) is 4.79 Å². The van der Waals surface area contributed by atoms with E-state index in [0.717, 1.165) is 12.8 Å². The highest BCUT2D eigenvalue weighted by Crippen LogP contribution is 2.10. The molecule has 0 saturated carbocycles. The first-order chi connectivity index (χ1) is 7.33. The topological polar surface area (TPSA) is 29.5 Å². The fourth-order valence-electron chi connectivity index (χ4n) is 2.07. The maximum Gasteiger partial charge on any atom is 0.305 e. The van der Waals surface area contributed by atoms with E-state index < -0.39 is 0 Å². The van der Waals surface area contributed by atoms with Gasteiger partial charge in [0.2, 0.25) is 0 Å². The Bertz CT molecular complexity index is 176. The van der Waals surface area contributed by atoms with Crippen LogP contribution in [0.15, 0.2) is 0 Å². The quantitative estimate of drug-likeness (QED) is 0.479. The van der Waals surface area contributed by atoms with Crippen molar-refractivity contribution in [3.05, 3.63) is 0 Å². The largest absolute Gasteiger partial charge is 0.469 e. The molecule has 0 amide bonds. The second kappa shape index (κ2) is 7.69. The minimum Gasteiger partial charge on any atom is -0.469 e. The number of unbranched alkanes of at least 4 members (excludes halogenated alkanes) is 3. The molecule has 0 aliphatic carbocycles. The van der Waals surface area contributed by atoms with Gasteiger partial charge in [-0.2, -0.15) is 0 Å². The molecular formula is C12H23NO2. The van der Waals surface area contributed by atoms with Crippen molar-refractivity contribution >= 4 is 5.97 Å². The molecule has 0 aromatic rings.